The molecule has 27 heavy (non-hydrogen) atoms. The Kier molecular flexibility index (Phi) is 5.98. The number of benzene rings is 2. The molecule has 3 N–H and O–H groups in total. The van der Waals surface area contributed by atoms with Crippen LogP contribution in [0.5, 0.6) is 0 Å². The minimum Gasteiger partial charge on any atom is -0.321 e. The maximum Gasteiger partial charge on any atom is 0.279 e. The van der Waals surface area contributed by atoms with Gasteiger partial charge in [0.25, 0.3) is 11.5 Å². The third-order valence-electron chi connectivity index (χ3n) is 4.66. The molecule has 0 aliphatic rings. The second-order valence-corrected chi connectivity index (χ2v) is 6.55. The molecule has 2 aromatic carbocycles. The zero-order valence-electron chi connectivity index (χ0n) is 15.7. The molecule has 0 aliphatic heterocycles. The van der Waals surface area contributed by atoms with Gasteiger partial charge in [-0.15, -0.1) is 0 Å². The Morgan fingerprint density at radius 1 is 1.11 bits per heavy atom. The second kappa shape index (κ2) is 8.60. The number of fused-ring (bicyclic) bond motifs is 1. The number of likely N-dealkylation sites (N-methyl/N-ethyl adjacent to an activating group) is 1. The number of anilines is 1. The van der Waals surface area contributed by atoms with E-state index in [-0.39, 0.29) is 11.5 Å². The van der Waals surface area contributed by atoms with E-state index in [1.807, 2.05) is 49.4 Å². The largest absolute Gasteiger partial charge is 0.321 e. The highest BCUT2D eigenvalue weighted by Crippen LogP contribution is 2.14. The summed E-state index contributed by atoms with van der Waals surface area (Å²) in [7, 11) is 0. The van der Waals surface area contributed by atoms with E-state index >= 15 is 0 Å². The van der Waals surface area contributed by atoms with Crippen LogP contribution >= 0.6 is 0 Å². The molecule has 1 atom stereocenters. The predicted molar refractivity (Wildman–Crippen MR) is 107 cm³/mol. The number of nitrogens with one attached hydrogen (secondary N) is 3. The molecule has 3 aromatic rings. The minimum atomic E-state index is -0.146. The number of amides is 1. The molecular formula is C21H25N4O2+. The maximum atomic E-state index is 12.5. The second-order valence-electron chi connectivity index (χ2n) is 6.55. The number of para-hydroxylation sites is 2. The van der Waals surface area contributed by atoms with Crippen molar-refractivity contribution < 1.29 is 9.69 Å². The van der Waals surface area contributed by atoms with Crippen molar-refractivity contribution in [3.63, 3.8) is 0 Å². The summed E-state index contributed by atoms with van der Waals surface area (Å²) in [6.45, 7) is 5.63. The van der Waals surface area contributed by atoms with E-state index < -0.39 is 0 Å². The summed E-state index contributed by atoms with van der Waals surface area (Å²) >= 11 is 0. The lowest BCUT2D eigenvalue weighted by atomic mass is 10.1. The quantitative estimate of drug-likeness (QED) is 0.594. The van der Waals surface area contributed by atoms with Crippen molar-refractivity contribution in [2.45, 2.75) is 26.8 Å². The number of hydrogen-bond acceptors (Lipinski definition) is 3. The van der Waals surface area contributed by atoms with Gasteiger partial charge in [-0.25, -0.2) is 4.98 Å². The molecule has 1 unspecified atom stereocenters. The molecule has 1 aromatic heterocycles. The number of quaternary nitrogens is 1. The van der Waals surface area contributed by atoms with Gasteiger partial charge in [0.2, 0.25) is 0 Å². The van der Waals surface area contributed by atoms with Gasteiger partial charge in [-0.2, -0.15) is 0 Å². The number of nitrogens with zero attached hydrogens (tertiary/aromatic N) is 1. The van der Waals surface area contributed by atoms with Crippen molar-refractivity contribution >= 4 is 22.5 Å². The predicted octanol–water partition coefficient (Wildman–Crippen LogP) is 1.53. The summed E-state index contributed by atoms with van der Waals surface area (Å²) in [5, 5.41) is 3.58. The van der Waals surface area contributed by atoms with Gasteiger partial charge in [-0.1, -0.05) is 37.3 Å². The van der Waals surface area contributed by atoms with E-state index in [9.17, 15) is 9.59 Å². The molecule has 0 spiro atoms. The molecular weight excluding hydrogens is 340 g/mol. The van der Waals surface area contributed by atoms with E-state index in [2.05, 4.69) is 22.2 Å². The first-order valence-electron chi connectivity index (χ1n) is 9.30. The van der Waals surface area contributed by atoms with Gasteiger partial charge in [0, 0.05) is 5.69 Å². The van der Waals surface area contributed by atoms with Gasteiger partial charge in [0.05, 0.1) is 17.4 Å². The smallest absolute Gasteiger partial charge is 0.279 e. The van der Waals surface area contributed by atoms with Crippen molar-refractivity contribution in [3.05, 3.63) is 70.3 Å². The highest BCUT2D eigenvalue weighted by Gasteiger charge is 2.16. The maximum absolute atomic E-state index is 12.5. The zero-order chi connectivity index (χ0) is 19.2. The van der Waals surface area contributed by atoms with Gasteiger partial charge >= 0.3 is 0 Å². The summed E-state index contributed by atoms with van der Waals surface area (Å²) in [5.41, 5.74) is 2.50. The van der Waals surface area contributed by atoms with E-state index in [1.165, 1.54) is 0 Å². The summed E-state index contributed by atoms with van der Waals surface area (Å²) < 4.78 is 0. The Balaban J connectivity index is 1.70. The van der Waals surface area contributed by atoms with Crippen LogP contribution < -0.4 is 15.8 Å². The number of aromatic nitrogens is 2. The summed E-state index contributed by atoms with van der Waals surface area (Å²) in [5.74, 6) is 0.549. The van der Waals surface area contributed by atoms with Crippen LogP contribution in [-0.4, -0.2) is 29.0 Å². The van der Waals surface area contributed by atoms with Crippen LogP contribution in [0.1, 0.15) is 25.2 Å². The van der Waals surface area contributed by atoms with E-state index in [1.54, 1.807) is 6.07 Å². The first-order chi connectivity index (χ1) is 13.1. The molecule has 6 heteroatoms. The van der Waals surface area contributed by atoms with Crippen LogP contribution in [0.3, 0.4) is 0 Å². The third kappa shape index (κ3) is 4.60. The Labute approximate surface area is 158 Å². The molecule has 0 aliphatic carbocycles. The Bertz CT molecular complexity index is 997. The summed E-state index contributed by atoms with van der Waals surface area (Å²) in [6.07, 6.45) is 0.864. The first kappa shape index (κ1) is 18.8. The lowest BCUT2D eigenvalue weighted by Gasteiger charge is -2.17. The SMILES string of the molecule is CCc1ccccc1NC(=O)C[NH+](CC)Cc1nc2ccccc2c(=O)[nH]1. The lowest BCUT2D eigenvalue weighted by molar-refractivity contribution is -0.904. The van der Waals surface area contributed by atoms with Crippen molar-refractivity contribution in [1.29, 1.82) is 0 Å². The molecule has 0 radical (unpaired) electrons. The van der Waals surface area contributed by atoms with Crippen LogP contribution in [0, 0.1) is 0 Å². The zero-order valence-corrected chi connectivity index (χ0v) is 15.7. The molecule has 0 saturated carbocycles. The third-order valence-corrected chi connectivity index (χ3v) is 4.66. The van der Waals surface area contributed by atoms with Crippen molar-refractivity contribution in [3.8, 4) is 0 Å². The standard InChI is InChI=1S/C21H24N4O2/c1-3-15-9-5-7-11-17(15)23-20(26)14-25(4-2)13-19-22-18-12-8-6-10-16(18)21(27)24-19/h5-12H,3-4,13-14H2,1-2H3,(H,23,26)(H,22,24,27)/p+1. The lowest BCUT2D eigenvalue weighted by Crippen LogP contribution is -3.11. The fraction of sp³-hybridized carbons (Fsp3) is 0.286. The van der Waals surface area contributed by atoms with Gasteiger partial charge < -0.3 is 15.2 Å². The molecule has 3 rings (SSSR count). The molecule has 1 amide bonds. The van der Waals surface area contributed by atoms with E-state index in [0.717, 1.165) is 29.1 Å². The molecule has 0 fully saturated rings. The van der Waals surface area contributed by atoms with Gasteiger partial charge in [-0.3, -0.25) is 9.59 Å². The molecule has 6 nitrogen and oxygen atoms in total. The molecule has 0 saturated heterocycles. The fourth-order valence-electron chi connectivity index (χ4n) is 3.14. The molecule has 1 heterocycles. The van der Waals surface area contributed by atoms with Gasteiger partial charge in [-0.05, 0) is 37.1 Å². The highest BCUT2D eigenvalue weighted by molar-refractivity contribution is 5.92. The average molecular weight is 365 g/mol. The van der Waals surface area contributed by atoms with Crippen molar-refractivity contribution in [1.82, 2.24) is 9.97 Å². The summed E-state index contributed by atoms with van der Waals surface area (Å²) in [4.78, 5) is 33.1. The highest BCUT2D eigenvalue weighted by atomic mass is 16.2. The van der Waals surface area contributed by atoms with E-state index in [0.29, 0.717) is 29.8 Å². The van der Waals surface area contributed by atoms with Crippen LogP contribution in [0.2, 0.25) is 0 Å². The minimum absolute atomic E-state index is 0.0455. The number of H-pyrrole nitrogens is 1. The Morgan fingerprint density at radius 2 is 1.85 bits per heavy atom. The number of hydrogen-bond donors (Lipinski definition) is 3. The number of carbonyl (C=O) groups excluding carboxylic acids is 1. The summed E-state index contributed by atoms with van der Waals surface area (Å²) in [6, 6.07) is 15.1. The topological polar surface area (TPSA) is 79.3 Å². The number of carbonyl (C=O) groups is 1. The van der Waals surface area contributed by atoms with Crippen LogP contribution in [0.25, 0.3) is 10.9 Å². The molecule has 0 bridgehead atoms. The van der Waals surface area contributed by atoms with Crippen LogP contribution in [-0.2, 0) is 17.8 Å². The first-order valence-corrected chi connectivity index (χ1v) is 9.30. The Hall–Kier alpha value is -2.99. The van der Waals surface area contributed by atoms with Gasteiger partial charge in [0.15, 0.2) is 12.4 Å². The van der Waals surface area contributed by atoms with Crippen LogP contribution in [0.15, 0.2) is 53.3 Å². The Morgan fingerprint density at radius 3 is 2.63 bits per heavy atom. The van der Waals surface area contributed by atoms with Crippen LogP contribution in [0.4, 0.5) is 5.69 Å². The number of rotatable bonds is 7. The molecule has 140 valence electrons. The van der Waals surface area contributed by atoms with E-state index in [4.69, 9.17) is 0 Å². The van der Waals surface area contributed by atoms with Gasteiger partial charge in [0.1, 0.15) is 6.54 Å². The monoisotopic (exact) mass is 365 g/mol. The number of aryl methyl sites for hydroxylation is 1. The normalized spacial score (nSPS) is 12.1. The average Bonchev–Trinajstić information content (AvgIpc) is 2.68. The fourth-order valence-corrected chi connectivity index (χ4v) is 3.14. The van der Waals surface area contributed by atoms with Crippen molar-refractivity contribution in [2.24, 2.45) is 0 Å². The van der Waals surface area contributed by atoms with Crippen molar-refractivity contribution in [2.75, 3.05) is 18.4 Å². The number of aromatic amines is 1.